The number of carboxylic acids is 1. The van der Waals surface area contributed by atoms with Gasteiger partial charge in [-0.15, -0.1) is 0 Å². The van der Waals surface area contributed by atoms with E-state index in [0.717, 1.165) is 16.9 Å². The van der Waals surface area contributed by atoms with Crippen molar-refractivity contribution in [1.29, 1.82) is 0 Å². The Hall–Kier alpha value is -2.76. The van der Waals surface area contributed by atoms with Crippen molar-refractivity contribution < 1.29 is 23.8 Å². The fraction of sp³-hybridized carbons (Fsp3) is 0.368. The average molecular weight is 345 g/mol. The van der Waals surface area contributed by atoms with Crippen LogP contribution in [0, 0.1) is 19.8 Å². The summed E-state index contributed by atoms with van der Waals surface area (Å²) < 4.78 is 11.2. The first-order chi connectivity index (χ1) is 11.8. The van der Waals surface area contributed by atoms with E-state index >= 15 is 0 Å². The maximum absolute atomic E-state index is 12.1. The van der Waals surface area contributed by atoms with Gasteiger partial charge in [-0.1, -0.05) is 31.5 Å². The number of nitrogens with one attached hydrogen (secondary N) is 1. The summed E-state index contributed by atoms with van der Waals surface area (Å²) in [7, 11) is 0. The summed E-state index contributed by atoms with van der Waals surface area (Å²) in [5.74, 6) is -0.567. The van der Waals surface area contributed by atoms with Gasteiger partial charge in [-0.2, -0.15) is 0 Å². The van der Waals surface area contributed by atoms with Gasteiger partial charge in [0.1, 0.15) is 24.2 Å². The molecule has 0 bridgehead atoms. The number of ether oxygens (including phenoxy) is 1. The number of amides is 1. The first-order valence-electron chi connectivity index (χ1n) is 8.10. The van der Waals surface area contributed by atoms with Crippen LogP contribution in [0.15, 0.2) is 34.7 Å². The van der Waals surface area contributed by atoms with Crippen molar-refractivity contribution in [2.75, 3.05) is 0 Å². The molecular formula is C19H23NO5. The smallest absolute Gasteiger partial charge is 0.326 e. The molecule has 0 spiro atoms. The third-order valence-electron chi connectivity index (χ3n) is 3.81. The number of furan rings is 1. The SMILES string of the molecule is Cc1ccc(OCc2ccc(C(=O)N[C@H](C(=O)O)C(C)C)o2)c(C)c1. The van der Waals surface area contributed by atoms with E-state index in [-0.39, 0.29) is 18.3 Å². The normalized spacial score (nSPS) is 12.0. The fourth-order valence-electron chi connectivity index (χ4n) is 2.41. The van der Waals surface area contributed by atoms with E-state index in [1.54, 1.807) is 19.9 Å². The minimum Gasteiger partial charge on any atom is -0.485 e. The zero-order valence-electron chi connectivity index (χ0n) is 14.8. The molecule has 0 aliphatic heterocycles. The zero-order valence-corrected chi connectivity index (χ0v) is 14.8. The third kappa shape index (κ3) is 4.86. The van der Waals surface area contributed by atoms with Gasteiger partial charge in [0.25, 0.3) is 5.91 Å². The molecule has 1 atom stereocenters. The Morgan fingerprint density at radius 3 is 2.52 bits per heavy atom. The molecule has 1 aromatic carbocycles. The predicted octanol–water partition coefficient (Wildman–Crippen LogP) is 3.31. The van der Waals surface area contributed by atoms with Crippen molar-refractivity contribution >= 4 is 11.9 Å². The summed E-state index contributed by atoms with van der Waals surface area (Å²) in [5, 5.41) is 11.6. The number of hydrogen-bond donors (Lipinski definition) is 2. The Balaban J connectivity index is 1.99. The molecule has 1 aromatic heterocycles. The van der Waals surface area contributed by atoms with Crippen LogP contribution in [0.4, 0.5) is 0 Å². The number of aliphatic carboxylic acids is 1. The van der Waals surface area contributed by atoms with Gasteiger partial charge in [-0.05, 0) is 43.5 Å². The van der Waals surface area contributed by atoms with Gasteiger partial charge >= 0.3 is 5.97 Å². The molecule has 0 fully saturated rings. The minimum atomic E-state index is -1.08. The highest BCUT2D eigenvalue weighted by molar-refractivity contribution is 5.94. The van der Waals surface area contributed by atoms with Gasteiger partial charge in [-0.3, -0.25) is 4.79 Å². The first-order valence-corrected chi connectivity index (χ1v) is 8.10. The lowest BCUT2D eigenvalue weighted by molar-refractivity contribution is -0.140. The number of aryl methyl sites for hydroxylation is 2. The number of benzene rings is 1. The summed E-state index contributed by atoms with van der Waals surface area (Å²) in [6, 6.07) is 8.06. The van der Waals surface area contributed by atoms with Crippen LogP contribution in [0.2, 0.25) is 0 Å². The molecule has 0 radical (unpaired) electrons. The number of carboxylic acid groups (broad SMARTS) is 1. The van der Waals surface area contributed by atoms with Crippen molar-refractivity contribution in [3.8, 4) is 5.75 Å². The Morgan fingerprint density at radius 1 is 1.20 bits per heavy atom. The van der Waals surface area contributed by atoms with Gasteiger partial charge in [0.05, 0.1) is 0 Å². The van der Waals surface area contributed by atoms with Gasteiger partial charge in [0, 0.05) is 0 Å². The van der Waals surface area contributed by atoms with Gasteiger partial charge < -0.3 is 19.6 Å². The van der Waals surface area contributed by atoms with E-state index in [0.29, 0.717) is 5.76 Å². The van der Waals surface area contributed by atoms with Crippen molar-refractivity contribution in [3.05, 3.63) is 53.0 Å². The summed E-state index contributed by atoms with van der Waals surface area (Å²) in [6.07, 6.45) is 0. The second-order valence-electron chi connectivity index (χ2n) is 6.36. The molecule has 1 amide bonds. The molecule has 2 rings (SSSR count). The van der Waals surface area contributed by atoms with E-state index < -0.39 is 17.9 Å². The molecule has 1 heterocycles. The molecule has 0 saturated carbocycles. The molecule has 0 aliphatic carbocycles. The monoisotopic (exact) mass is 345 g/mol. The van der Waals surface area contributed by atoms with Crippen LogP contribution >= 0.6 is 0 Å². The van der Waals surface area contributed by atoms with Crippen LogP contribution in [0.3, 0.4) is 0 Å². The van der Waals surface area contributed by atoms with E-state index in [4.69, 9.17) is 14.3 Å². The minimum absolute atomic E-state index is 0.0612. The standard InChI is InChI=1S/C19H23NO5/c1-11(2)17(19(22)23)20-18(21)16-8-6-14(25-16)10-24-15-7-5-12(3)9-13(15)4/h5-9,11,17H,10H2,1-4H3,(H,20,21)(H,22,23)/t17-/m0/s1. The summed E-state index contributed by atoms with van der Waals surface area (Å²) in [4.78, 5) is 23.3. The second-order valence-corrected chi connectivity index (χ2v) is 6.36. The lowest BCUT2D eigenvalue weighted by Gasteiger charge is -2.16. The van der Waals surface area contributed by atoms with Gasteiger partial charge in [0.2, 0.25) is 0 Å². The van der Waals surface area contributed by atoms with Crippen LogP contribution in [-0.4, -0.2) is 23.0 Å². The molecule has 0 saturated heterocycles. The average Bonchev–Trinajstić information content (AvgIpc) is 3.00. The lowest BCUT2D eigenvalue weighted by atomic mass is 10.0. The summed E-state index contributed by atoms with van der Waals surface area (Å²) >= 11 is 0. The molecule has 25 heavy (non-hydrogen) atoms. The predicted molar refractivity (Wildman–Crippen MR) is 92.7 cm³/mol. The van der Waals surface area contributed by atoms with Crippen molar-refractivity contribution in [2.45, 2.75) is 40.3 Å². The van der Waals surface area contributed by atoms with E-state index in [1.165, 1.54) is 6.07 Å². The van der Waals surface area contributed by atoms with Gasteiger partial charge in [-0.25, -0.2) is 4.79 Å². The second kappa shape index (κ2) is 7.88. The topological polar surface area (TPSA) is 88.8 Å². The van der Waals surface area contributed by atoms with E-state index in [9.17, 15) is 9.59 Å². The number of hydrogen-bond acceptors (Lipinski definition) is 4. The molecular weight excluding hydrogens is 322 g/mol. The molecule has 2 N–H and O–H groups in total. The molecule has 0 aliphatic rings. The van der Waals surface area contributed by atoms with E-state index in [1.807, 2.05) is 32.0 Å². The number of carbonyl (C=O) groups is 2. The molecule has 0 unspecified atom stereocenters. The highest BCUT2D eigenvalue weighted by atomic mass is 16.5. The van der Waals surface area contributed by atoms with Crippen molar-refractivity contribution in [1.82, 2.24) is 5.32 Å². The number of rotatable bonds is 7. The summed E-state index contributed by atoms with van der Waals surface area (Å²) in [5.41, 5.74) is 2.17. The van der Waals surface area contributed by atoms with Gasteiger partial charge in [0.15, 0.2) is 5.76 Å². The van der Waals surface area contributed by atoms with E-state index in [2.05, 4.69) is 5.32 Å². The van der Waals surface area contributed by atoms with Crippen LogP contribution in [0.25, 0.3) is 0 Å². The Morgan fingerprint density at radius 2 is 1.92 bits per heavy atom. The highest BCUT2D eigenvalue weighted by Crippen LogP contribution is 2.20. The number of carbonyl (C=O) groups excluding carboxylic acids is 1. The molecule has 6 heteroatoms. The summed E-state index contributed by atoms with van der Waals surface area (Å²) in [6.45, 7) is 7.61. The highest BCUT2D eigenvalue weighted by Gasteiger charge is 2.25. The molecule has 2 aromatic rings. The van der Waals surface area contributed by atoms with Crippen molar-refractivity contribution in [3.63, 3.8) is 0 Å². The Labute approximate surface area is 146 Å². The van der Waals surface area contributed by atoms with Crippen LogP contribution in [0.5, 0.6) is 5.75 Å². The lowest BCUT2D eigenvalue weighted by Crippen LogP contribution is -2.44. The largest absolute Gasteiger partial charge is 0.485 e. The quantitative estimate of drug-likeness (QED) is 0.803. The Bertz CT molecular complexity index is 763. The fourth-order valence-corrected chi connectivity index (χ4v) is 2.41. The molecule has 6 nitrogen and oxygen atoms in total. The first kappa shape index (κ1) is 18.6. The van der Waals surface area contributed by atoms with Crippen LogP contribution in [-0.2, 0) is 11.4 Å². The maximum atomic E-state index is 12.1. The van der Waals surface area contributed by atoms with Crippen molar-refractivity contribution in [2.24, 2.45) is 5.92 Å². The Kier molecular flexibility index (Phi) is 5.85. The molecule has 134 valence electrons. The third-order valence-corrected chi connectivity index (χ3v) is 3.81. The maximum Gasteiger partial charge on any atom is 0.326 e. The zero-order chi connectivity index (χ0) is 18.6. The van der Waals surface area contributed by atoms with Crippen LogP contribution < -0.4 is 10.1 Å². The van der Waals surface area contributed by atoms with Crippen LogP contribution in [0.1, 0.15) is 41.3 Å².